The average molecular weight is 359 g/mol. The number of ether oxygens (including phenoxy) is 1. The maximum Gasteiger partial charge on any atom is 0.416 e. The Morgan fingerprint density at radius 3 is 2.42 bits per heavy atom. The second kappa shape index (κ2) is 7.31. The Hall–Kier alpha value is -2.61. The van der Waals surface area contributed by atoms with Gasteiger partial charge in [-0.3, -0.25) is 4.79 Å². The summed E-state index contributed by atoms with van der Waals surface area (Å²) in [4.78, 5) is 27.1. The quantitative estimate of drug-likeness (QED) is 0.670. The molecule has 0 radical (unpaired) electrons. The van der Waals surface area contributed by atoms with E-state index in [1.54, 1.807) is 0 Å². The van der Waals surface area contributed by atoms with Crippen LogP contribution in [0.2, 0.25) is 5.15 Å². The molecule has 9 heteroatoms. The van der Waals surface area contributed by atoms with Crippen LogP contribution in [0.1, 0.15) is 15.9 Å². The second-order valence-corrected chi connectivity index (χ2v) is 4.90. The van der Waals surface area contributed by atoms with Crippen molar-refractivity contribution < 1.29 is 27.5 Å². The highest BCUT2D eigenvalue weighted by atomic mass is 35.5. The third kappa shape index (κ3) is 4.69. The number of esters is 1. The summed E-state index contributed by atoms with van der Waals surface area (Å²) in [5, 5.41) is 2.25. The van der Waals surface area contributed by atoms with E-state index in [1.165, 1.54) is 18.3 Å². The SMILES string of the molecule is O=C(COC(=O)c1cccnc1Cl)Nc1ccc(C(F)(F)F)cc1. The summed E-state index contributed by atoms with van der Waals surface area (Å²) in [5.41, 5.74) is -0.692. The first-order valence-electron chi connectivity index (χ1n) is 6.52. The van der Waals surface area contributed by atoms with Crippen molar-refractivity contribution in [2.24, 2.45) is 0 Å². The number of aromatic nitrogens is 1. The Bertz CT molecular complexity index is 748. The Kier molecular flexibility index (Phi) is 5.40. The van der Waals surface area contributed by atoms with Crippen molar-refractivity contribution in [2.45, 2.75) is 6.18 Å². The number of pyridine rings is 1. The Morgan fingerprint density at radius 2 is 1.83 bits per heavy atom. The highest BCUT2D eigenvalue weighted by molar-refractivity contribution is 6.32. The Balaban J connectivity index is 1.90. The highest BCUT2D eigenvalue weighted by Crippen LogP contribution is 2.29. The molecule has 0 atom stereocenters. The fraction of sp³-hybridized carbons (Fsp3) is 0.133. The fourth-order valence-corrected chi connectivity index (χ4v) is 1.88. The zero-order valence-corrected chi connectivity index (χ0v) is 12.7. The molecule has 1 N–H and O–H groups in total. The van der Waals surface area contributed by atoms with Gasteiger partial charge in [0.1, 0.15) is 5.15 Å². The van der Waals surface area contributed by atoms with Gasteiger partial charge in [-0.2, -0.15) is 13.2 Å². The second-order valence-electron chi connectivity index (χ2n) is 4.54. The number of carbonyl (C=O) groups excluding carboxylic acids is 2. The number of rotatable bonds is 4. The summed E-state index contributed by atoms with van der Waals surface area (Å²) in [6.07, 6.45) is -3.07. The van der Waals surface area contributed by atoms with Gasteiger partial charge in [0.15, 0.2) is 6.61 Å². The van der Waals surface area contributed by atoms with Gasteiger partial charge in [-0.25, -0.2) is 9.78 Å². The molecule has 24 heavy (non-hydrogen) atoms. The van der Waals surface area contributed by atoms with E-state index in [0.29, 0.717) is 0 Å². The van der Waals surface area contributed by atoms with Gasteiger partial charge in [0.05, 0.1) is 11.1 Å². The van der Waals surface area contributed by atoms with Crippen molar-refractivity contribution in [3.8, 4) is 0 Å². The minimum absolute atomic E-state index is 0.00139. The molecule has 0 aliphatic heterocycles. The van der Waals surface area contributed by atoms with E-state index in [0.717, 1.165) is 24.3 Å². The van der Waals surface area contributed by atoms with Gasteiger partial charge in [0.25, 0.3) is 5.91 Å². The van der Waals surface area contributed by atoms with Crippen LogP contribution in [0.25, 0.3) is 0 Å². The zero-order chi connectivity index (χ0) is 17.7. The lowest BCUT2D eigenvalue weighted by molar-refractivity contribution is -0.137. The summed E-state index contributed by atoms with van der Waals surface area (Å²) in [6, 6.07) is 6.71. The molecular weight excluding hydrogens is 349 g/mol. The molecule has 1 amide bonds. The summed E-state index contributed by atoms with van der Waals surface area (Å²) in [6.45, 7) is -0.620. The Labute approximate surface area is 139 Å². The fourth-order valence-electron chi connectivity index (χ4n) is 1.69. The minimum atomic E-state index is -4.46. The lowest BCUT2D eigenvalue weighted by atomic mass is 10.2. The molecule has 2 rings (SSSR count). The number of carbonyl (C=O) groups is 2. The molecule has 1 aromatic heterocycles. The smallest absolute Gasteiger partial charge is 0.416 e. The molecule has 126 valence electrons. The minimum Gasteiger partial charge on any atom is -0.452 e. The normalized spacial score (nSPS) is 11.0. The molecular formula is C15H10ClF3N2O3. The predicted octanol–water partition coefficient (Wildman–Crippen LogP) is 3.55. The molecule has 0 fully saturated rings. The van der Waals surface area contributed by atoms with E-state index < -0.39 is 30.2 Å². The summed E-state index contributed by atoms with van der Waals surface area (Å²) in [5.74, 6) is -1.54. The third-order valence-electron chi connectivity index (χ3n) is 2.81. The summed E-state index contributed by atoms with van der Waals surface area (Å²) >= 11 is 5.71. The van der Waals surface area contributed by atoms with Crippen LogP contribution in [0.3, 0.4) is 0 Å². The maximum absolute atomic E-state index is 12.4. The lowest BCUT2D eigenvalue weighted by Crippen LogP contribution is -2.21. The van der Waals surface area contributed by atoms with Gasteiger partial charge < -0.3 is 10.1 Å². The van der Waals surface area contributed by atoms with Gasteiger partial charge in [0.2, 0.25) is 0 Å². The van der Waals surface area contributed by atoms with E-state index in [1.807, 2.05) is 0 Å². The average Bonchev–Trinajstić information content (AvgIpc) is 2.53. The van der Waals surface area contributed by atoms with Gasteiger partial charge in [-0.1, -0.05) is 11.6 Å². The highest BCUT2D eigenvalue weighted by Gasteiger charge is 2.30. The molecule has 0 saturated carbocycles. The first kappa shape index (κ1) is 17.7. The van der Waals surface area contributed by atoms with Crippen LogP contribution in [-0.4, -0.2) is 23.5 Å². The molecule has 0 bridgehead atoms. The van der Waals surface area contributed by atoms with E-state index in [-0.39, 0.29) is 16.4 Å². The standard InChI is InChI=1S/C15H10ClF3N2O3/c16-13-11(2-1-7-20-13)14(23)24-8-12(22)21-10-5-3-9(4-6-10)15(17,18)19/h1-7H,8H2,(H,21,22). The van der Waals surface area contributed by atoms with E-state index >= 15 is 0 Å². The topological polar surface area (TPSA) is 68.3 Å². The number of alkyl halides is 3. The zero-order valence-electron chi connectivity index (χ0n) is 11.9. The molecule has 0 aliphatic carbocycles. The van der Waals surface area contributed by atoms with Crippen molar-refractivity contribution in [3.63, 3.8) is 0 Å². The van der Waals surface area contributed by atoms with E-state index in [2.05, 4.69) is 10.3 Å². The van der Waals surface area contributed by atoms with E-state index in [4.69, 9.17) is 16.3 Å². The number of nitrogens with one attached hydrogen (secondary N) is 1. The Morgan fingerprint density at radius 1 is 1.17 bits per heavy atom. The van der Waals surface area contributed by atoms with Crippen LogP contribution in [0.15, 0.2) is 42.6 Å². The maximum atomic E-state index is 12.4. The number of nitrogens with zero attached hydrogens (tertiary/aromatic N) is 1. The van der Waals surface area contributed by atoms with Crippen molar-refractivity contribution in [3.05, 3.63) is 58.9 Å². The predicted molar refractivity (Wildman–Crippen MR) is 79.6 cm³/mol. The summed E-state index contributed by atoms with van der Waals surface area (Å²) < 4.78 is 42.0. The van der Waals surface area contributed by atoms with Crippen LogP contribution in [0.4, 0.5) is 18.9 Å². The van der Waals surface area contributed by atoms with Crippen LogP contribution in [-0.2, 0) is 15.7 Å². The van der Waals surface area contributed by atoms with Crippen LogP contribution in [0.5, 0.6) is 0 Å². The van der Waals surface area contributed by atoms with Crippen molar-refractivity contribution >= 4 is 29.2 Å². The largest absolute Gasteiger partial charge is 0.452 e. The molecule has 0 unspecified atom stereocenters. The first-order valence-corrected chi connectivity index (χ1v) is 6.90. The number of amides is 1. The third-order valence-corrected chi connectivity index (χ3v) is 3.11. The first-order chi connectivity index (χ1) is 11.3. The lowest BCUT2D eigenvalue weighted by Gasteiger charge is -2.09. The van der Waals surface area contributed by atoms with Crippen LogP contribution < -0.4 is 5.32 Å². The number of benzene rings is 1. The van der Waals surface area contributed by atoms with Gasteiger partial charge >= 0.3 is 12.1 Å². The molecule has 1 heterocycles. The number of anilines is 1. The monoisotopic (exact) mass is 358 g/mol. The van der Waals surface area contributed by atoms with Gasteiger partial charge in [0, 0.05) is 11.9 Å². The van der Waals surface area contributed by atoms with Crippen molar-refractivity contribution in [1.29, 1.82) is 0 Å². The van der Waals surface area contributed by atoms with Crippen molar-refractivity contribution in [2.75, 3.05) is 11.9 Å². The van der Waals surface area contributed by atoms with Crippen LogP contribution >= 0.6 is 11.6 Å². The molecule has 0 saturated heterocycles. The number of hydrogen-bond acceptors (Lipinski definition) is 4. The van der Waals surface area contributed by atoms with Gasteiger partial charge in [-0.15, -0.1) is 0 Å². The number of halogens is 4. The number of hydrogen-bond donors (Lipinski definition) is 1. The molecule has 0 spiro atoms. The van der Waals surface area contributed by atoms with Crippen molar-refractivity contribution in [1.82, 2.24) is 4.98 Å². The van der Waals surface area contributed by atoms with E-state index in [9.17, 15) is 22.8 Å². The molecule has 1 aromatic carbocycles. The van der Waals surface area contributed by atoms with Gasteiger partial charge in [-0.05, 0) is 36.4 Å². The molecule has 5 nitrogen and oxygen atoms in total. The van der Waals surface area contributed by atoms with Crippen LogP contribution in [0, 0.1) is 0 Å². The summed E-state index contributed by atoms with van der Waals surface area (Å²) in [7, 11) is 0. The molecule has 2 aromatic rings. The molecule has 0 aliphatic rings.